The third-order valence-corrected chi connectivity index (χ3v) is 2.80. The number of aromatic carboxylic acids is 1. The summed E-state index contributed by atoms with van der Waals surface area (Å²) >= 11 is 1.22. The van der Waals surface area contributed by atoms with Crippen molar-refractivity contribution in [3.8, 4) is 0 Å². The van der Waals surface area contributed by atoms with Crippen molar-refractivity contribution in [1.29, 1.82) is 0 Å². The fourth-order valence-corrected chi connectivity index (χ4v) is 1.86. The van der Waals surface area contributed by atoms with Gasteiger partial charge in [0.2, 0.25) is 0 Å². The Morgan fingerprint density at radius 1 is 1.32 bits per heavy atom. The number of hydrogen-bond acceptors (Lipinski definition) is 4. The Kier molecular flexibility index (Phi) is 3.71. The third kappa shape index (κ3) is 3.26. The minimum Gasteiger partial charge on any atom is -0.478 e. The van der Waals surface area contributed by atoms with Crippen molar-refractivity contribution >= 4 is 34.2 Å². The van der Waals surface area contributed by atoms with Gasteiger partial charge in [0.15, 0.2) is 5.13 Å². The number of amides is 2. The average Bonchev–Trinajstić information content (AvgIpc) is 2.83. The van der Waals surface area contributed by atoms with Crippen LogP contribution in [0.3, 0.4) is 0 Å². The molecular weight excluding hydrogens is 273 g/mol. The summed E-state index contributed by atoms with van der Waals surface area (Å²) < 4.78 is 13.0. The molecule has 1 heterocycles. The minimum absolute atomic E-state index is 0.00274. The highest BCUT2D eigenvalue weighted by Gasteiger charge is 2.14. The average molecular weight is 281 g/mol. The lowest BCUT2D eigenvalue weighted by Gasteiger charge is -2.08. The highest BCUT2D eigenvalue weighted by atomic mass is 32.1. The number of carbonyl (C=O) groups is 2. The number of carboxylic acid groups (broad SMARTS) is 1. The number of carbonyl (C=O) groups excluding carboxylic acids is 1. The lowest BCUT2D eigenvalue weighted by Crippen LogP contribution is -2.21. The molecule has 0 radical (unpaired) electrons. The molecular formula is C11H8FN3O3S. The Bertz CT molecular complexity index is 616. The van der Waals surface area contributed by atoms with E-state index in [1.807, 2.05) is 0 Å². The van der Waals surface area contributed by atoms with E-state index >= 15 is 0 Å². The number of halogens is 1. The van der Waals surface area contributed by atoms with Crippen molar-refractivity contribution in [2.24, 2.45) is 0 Å². The normalized spacial score (nSPS) is 9.95. The molecule has 0 aliphatic carbocycles. The van der Waals surface area contributed by atoms with Crippen molar-refractivity contribution in [3.63, 3.8) is 0 Å². The van der Waals surface area contributed by atoms with Gasteiger partial charge in [-0.2, -0.15) is 0 Å². The molecule has 6 nitrogen and oxygen atoms in total. The van der Waals surface area contributed by atoms with Crippen LogP contribution >= 0.6 is 11.3 Å². The van der Waals surface area contributed by atoms with Gasteiger partial charge in [-0.25, -0.2) is 19.0 Å². The molecule has 1 aromatic heterocycles. The second-order valence-electron chi connectivity index (χ2n) is 3.41. The molecule has 0 bridgehead atoms. The van der Waals surface area contributed by atoms with Gasteiger partial charge in [0, 0.05) is 11.6 Å². The van der Waals surface area contributed by atoms with E-state index in [1.165, 1.54) is 23.6 Å². The first-order valence-corrected chi connectivity index (χ1v) is 5.94. The molecule has 1 aromatic carbocycles. The number of anilines is 2. The maximum Gasteiger partial charge on any atom is 0.337 e. The number of rotatable bonds is 3. The van der Waals surface area contributed by atoms with Gasteiger partial charge in [0.25, 0.3) is 0 Å². The van der Waals surface area contributed by atoms with Crippen LogP contribution in [0.25, 0.3) is 0 Å². The number of urea groups is 1. The largest absolute Gasteiger partial charge is 0.478 e. The Balaban J connectivity index is 2.14. The molecule has 0 saturated heterocycles. The van der Waals surface area contributed by atoms with Gasteiger partial charge in [-0.15, -0.1) is 11.3 Å². The molecule has 0 saturated carbocycles. The van der Waals surface area contributed by atoms with Gasteiger partial charge in [-0.3, -0.25) is 5.32 Å². The quantitative estimate of drug-likeness (QED) is 0.806. The fraction of sp³-hybridized carbons (Fsp3) is 0. The van der Waals surface area contributed by atoms with E-state index < -0.39 is 17.8 Å². The van der Waals surface area contributed by atoms with Crippen LogP contribution in [0.5, 0.6) is 0 Å². The van der Waals surface area contributed by atoms with Gasteiger partial charge in [0.1, 0.15) is 5.82 Å². The molecule has 2 aromatic rings. The topological polar surface area (TPSA) is 91.3 Å². The first kappa shape index (κ1) is 13.0. The van der Waals surface area contributed by atoms with Crippen LogP contribution in [0.1, 0.15) is 10.4 Å². The van der Waals surface area contributed by atoms with Crippen molar-refractivity contribution in [3.05, 3.63) is 41.2 Å². The summed E-state index contributed by atoms with van der Waals surface area (Å²) in [5.74, 6) is -2.02. The fourth-order valence-electron chi connectivity index (χ4n) is 1.34. The molecule has 0 unspecified atom stereocenters. The lowest BCUT2D eigenvalue weighted by molar-refractivity contribution is 0.0697. The van der Waals surface area contributed by atoms with Gasteiger partial charge < -0.3 is 10.4 Å². The van der Waals surface area contributed by atoms with Gasteiger partial charge in [-0.05, 0) is 18.2 Å². The number of nitrogens with one attached hydrogen (secondary N) is 2. The monoisotopic (exact) mass is 281 g/mol. The van der Waals surface area contributed by atoms with Crippen molar-refractivity contribution in [2.75, 3.05) is 10.6 Å². The van der Waals surface area contributed by atoms with E-state index in [4.69, 9.17) is 5.11 Å². The van der Waals surface area contributed by atoms with Gasteiger partial charge >= 0.3 is 12.0 Å². The SMILES string of the molecule is O=C(Nc1nccs1)Nc1ccc(F)cc1C(=O)O. The summed E-state index contributed by atoms with van der Waals surface area (Å²) in [5.41, 5.74) is -0.322. The molecule has 2 rings (SSSR count). The third-order valence-electron chi connectivity index (χ3n) is 2.11. The molecule has 2 amide bonds. The lowest BCUT2D eigenvalue weighted by atomic mass is 10.2. The van der Waals surface area contributed by atoms with Crippen LogP contribution in [0, 0.1) is 5.82 Å². The summed E-state index contributed by atoms with van der Waals surface area (Å²) in [4.78, 5) is 26.4. The van der Waals surface area contributed by atoms with E-state index in [0.717, 1.165) is 12.1 Å². The molecule has 0 fully saturated rings. The van der Waals surface area contributed by atoms with Crippen LogP contribution in [0.4, 0.5) is 20.0 Å². The maximum absolute atomic E-state index is 13.0. The highest BCUT2D eigenvalue weighted by molar-refractivity contribution is 7.13. The summed E-state index contributed by atoms with van der Waals surface area (Å²) in [5, 5.41) is 15.7. The number of aromatic nitrogens is 1. The summed E-state index contributed by atoms with van der Waals surface area (Å²) in [6.07, 6.45) is 1.51. The summed E-state index contributed by atoms with van der Waals surface area (Å²) in [6.45, 7) is 0. The zero-order chi connectivity index (χ0) is 13.8. The van der Waals surface area contributed by atoms with Crippen molar-refractivity contribution in [2.45, 2.75) is 0 Å². The Hall–Kier alpha value is -2.48. The number of nitrogens with zero attached hydrogens (tertiary/aromatic N) is 1. The summed E-state index contributed by atoms with van der Waals surface area (Å²) in [6, 6.07) is 2.43. The number of hydrogen-bond donors (Lipinski definition) is 3. The predicted octanol–water partition coefficient (Wildman–Crippen LogP) is 2.62. The van der Waals surface area contributed by atoms with E-state index in [1.54, 1.807) is 5.38 Å². The van der Waals surface area contributed by atoms with E-state index in [0.29, 0.717) is 5.13 Å². The van der Waals surface area contributed by atoms with E-state index in [9.17, 15) is 14.0 Å². The van der Waals surface area contributed by atoms with Crippen molar-refractivity contribution in [1.82, 2.24) is 4.98 Å². The summed E-state index contributed by atoms with van der Waals surface area (Å²) in [7, 11) is 0. The smallest absolute Gasteiger partial charge is 0.337 e. The second-order valence-corrected chi connectivity index (χ2v) is 4.31. The molecule has 0 aliphatic heterocycles. The predicted molar refractivity (Wildman–Crippen MR) is 68.1 cm³/mol. The molecule has 3 N–H and O–H groups in total. The number of carboxylic acids is 1. The van der Waals surface area contributed by atoms with Crippen LogP contribution in [-0.4, -0.2) is 22.1 Å². The van der Waals surface area contributed by atoms with Crippen LogP contribution in [0.2, 0.25) is 0 Å². The molecule has 19 heavy (non-hydrogen) atoms. The zero-order valence-electron chi connectivity index (χ0n) is 9.38. The number of thiazole rings is 1. The maximum atomic E-state index is 13.0. The van der Waals surface area contributed by atoms with E-state index in [2.05, 4.69) is 15.6 Å². The van der Waals surface area contributed by atoms with Crippen LogP contribution in [0.15, 0.2) is 29.8 Å². The van der Waals surface area contributed by atoms with Crippen LogP contribution in [-0.2, 0) is 0 Å². The molecule has 98 valence electrons. The molecule has 8 heteroatoms. The Morgan fingerprint density at radius 3 is 2.74 bits per heavy atom. The van der Waals surface area contributed by atoms with Crippen LogP contribution < -0.4 is 10.6 Å². The molecule has 0 aliphatic rings. The first-order valence-electron chi connectivity index (χ1n) is 5.06. The Morgan fingerprint density at radius 2 is 2.11 bits per heavy atom. The zero-order valence-corrected chi connectivity index (χ0v) is 10.2. The number of benzene rings is 1. The first-order chi connectivity index (χ1) is 9.06. The standard InChI is InChI=1S/C11H8FN3O3S/c12-6-1-2-8(7(5-6)9(16)17)14-10(18)15-11-13-3-4-19-11/h1-5H,(H,16,17)(H2,13,14,15,18). The Labute approximate surface area is 110 Å². The molecule has 0 atom stereocenters. The van der Waals surface area contributed by atoms with Gasteiger partial charge in [0.05, 0.1) is 11.3 Å². The van der Waals surface area contributed by atoms with Gasteiger partial charge in [-0.1, -0.05) is 0 Å². The minimum atomic E-state index is -1.33. The molecule has 0 spiro atoms. The van der Waals surface area contributed by atoms with Crippen molar-refractivity contribution < 1.29 is 19.1 Å². The second kappa shape index (κ2) is 5.44. The van der Waals surface area contributed by atoms with E-state index in [-0.39, 0.29) is 11.3 Å². The highest BCUT2D eigenvalue weighted by Crippen LogP contribution is 2.18.